The van der Waals surface area contributed by atoms with Gasteiger partial charge in [0.2, 0.25) is 11.8 Å². The van der Waals surface area contributed by atoms with E-state index in [2.05, 4.69) is 10.6 Å². The molecule has 0 bridgehead atoms. The molecule has 2 amide bonds. The van der Waals surface area contributed by atoms with E-state index in [1.165, 1.54) is 7.11 Å². The highest BCUT2D eigenvalue weighted by molar-refractivity contribution is 6.06. The SMILES string of the molecule is COC(=O)c1ccccc1NC(=O)C1CC1C(=O)Nc1ccc(OC(C)C)cc1. The molecule has 1 aliphatic rings. The monoisotopic (exact) mass is 396 g/mol. The molecule has 0 radical (unpaired) electrons. The summed E-state index contributed by atoms with van der Waals surface area (Å²) in [7, 11) is 1.28. The van der Waals surface area contributed by atoms with Gasteiger partial charge in [0.25, 0.3) is 0 Å². The molecule has 2 N–H and O–H groups in total. The van der Waals surface area contributed by atoms with Gasteiger partial charge < -0.3 is 20.1 Å². The number of rotatable bonds is 7. The van der Waals surface area contributed by atoms with E-state index in [0.29, 0.717) is 17.8 Å². The van der Waals surface area contributed by atoms with Gasteiger partial charge in [-0.05, 0) is 56.7 Å². The Kier molecular flexibility index (Phi) is 6.16. The van der Waals surface area contributed by atoms with Gasteiger partial charge in [-0.15, -0.1) is 0 Å². The van der Waals surface area contributed by atoms with Gasteiger partial charge >= 0.3 is 5.97 Å². The predicted molar refractivity (Wildman–Crippen MR) is 109 cm³/mol. The lowest BCUT2D eigenvalue weighted by molar-refractivity contribution is -0.122. The van der Waals surface area contributed by atoms with Crippen LogP contribution in [-0.2, 0) is 14.3 Å². The first-order valence-corrected chi connectivity index (χ1v) is 9.45. The number of carbonyl (C=O) groups is 3. The fourth-order valence-electron chi connectivity index (χ4n) is 3.00. The van der Waals surface area contributed by atoms with E-state index >= 15 is 0 Å². The zero-order chi connectivity index (χ0) is 21.0. The molecule has 29 heavy (non-hydrogen) atoms. The first-order valence-electron chi connectivity index (χ1n) is 9.45. The highest BCUT2D eigenvalue weighted by Gasteiger charge is 2.48. The summed E-state index contributed by atoms with van der Waals surface area (Å²) >= 11 is 0. The molecule has 152 valence electrons. The van der Waals surface area contributed by atoms with E-state index in [4.69, 9.17) is 9.47 Å². The number of hydrogen-bond acceptors (Lipinski definition) is 5. The summed E-state index contributed by atoms with van der Waals surface area (Å²) in [5, 5.41) is 5.55. The summed E-state index contributed by atoms with van der Waals surface area (Å²) in [6, 6.07) is 13.7. The number of methoxy groups -OCH3 is 1. The molecule has 2 aromatic rings. The molecule has 1 saturated carbocycles. The van der Waals surface area contributed by atoms with E-state index in [0.717, 1.165) is 5.75 Å². The fourth-order valence-corrected chi connectivity index (χ4v) is 3.00. The molecule has 0 aromatic heterocycles. The van der Waals surface area contributed by atoms with Crippen LogP contribution < -0.4 is 15.4 Å². The maximum absolute atomic E-state index is 12.5. The number of benzene rings is 2. The number of carbonyl (C=O) groups excluding carboxylic acids is 3. The first kappa shape index (κ1) is 20.4. The van der Waals surface area contributed by atoms with Crippen molar-refractivity contribution in [3.63, 3.8) is 0 Å². The lowest BCUT2D eigenvalue weighted by Gasteiger charge is -2.11. The molecule has 1 aliphatic carbocycles. The predicted octanol–water partition coefficient (Wildman–Crippen LogP) is 3.47. The van der Waals surface area contributed by atoms with Crippen molar-refractivity contribution in [1.29, 1.82) is 0 Å². The Bertz CT molecular complexity index is 908. The Balaban J connectivity index is 1.56. The highest BCUT2D eigenvalue weighted by Crippen LogP contribution is 2.40. The van der Waals surface area contributed by atoms with Crippen molar-refractivity contribution in [2.45, 2.75) is 26.4 Å². The fraction of sp³-hybridized carbons (Fsp3) is 0.318. The Morgan fingerprint density at radius 1 is 0.931 bits per heavy atom. The van der Waals surface area contributed by atoms with E-state index in [1.54, 1.807) is 48.5 Å². The summed E-state index contributed by atoms with van der Waals surface area (Å²) in [6.45, 7) is 3.88. The number of anilines is 2. The van der Waals surface area contributed by atoms with Crippen molar-refractivity contribution in [2.24, 2.45) is 11.8 Å². The molecule has 2 aromatic carbocycles. The summed E-state index contributed by atoms with van der Waals surface area (Å²) in [4.78, 5) is 36.7. The van der Waals surface area contributed by atoms with Gasteiger partial charge in [-0.1, -0.05) is 12.1 Å². The molecule has 1 fully saturated rings. The quantitative estimate of drug-likeness (QED) is 0.699. The van der Waals surface area contributed by atoms with Crippen LogP contribution in [0.15, 0.2) is 48.5 Å². The molecule has 0 heterocycles. The molecule has 3 rings (SSSR count). The van der Waals surface area contributed by atoms with Crippen molar-refractivity contribution in [1.82, 2.24) is 0 Å². The minimum absolute atomic E-state index is 0.0745. The average molecular weight is 396 g/mol. The van der Waals surface area contributed by atoms with E-state index in [-0.39, 0.29) is 23.5 Å². The van der Waals surface area contributed by atoms with Gasteiger partial charge in [-0.3, -0.25) is 9.59 Å². The zero-order valence-electron chi connectivity index (χ0n) is 16.6. The second-order valence-corrected chi connectivity index (χ2v) is 7.16. The number of esters is 1. The summed E-state index contributed by atoms with van der Waals surface area (Å²) in [6.07, 6.45) is 0.539. The highest BCUT2D eigenvalue weighted by atomic mass is 16.5. The van der Waals surface area contributed by atoms with Gasteiger partial charge in [0, 0.05) is 5.69 Å². The number of ether oxygens (including phenoxy) is 2. The molecule has 2 unspecified atom stereocenters. The lowest BCUT2D eigenvalue weighted by Crippen LogP contribution is -2.21. The number of amides is 2. The second-order valence-electron chi connectivity index (χ2n) is 7.16. The third-order valence-electron chi connectivity index (χ3n) is 4.55. The van der Waals surface area contributed by atoms with Gasteiger partial charge in [0.15, 0.2) is 0 Å². The third kappa shape index (κ3) is 5.13. The van der Waals surface area contributed by atoms with Crippen molar-refractivity contribution in [2.75, 3.05) is 17.7 Å². The van der Waals surface area contributed by atoms with Crippen LogP contribution in [0.3, 0.4) is 0 Å². The minimum atomic E-state index is -0.532. The minimum Gasteiger partial charge on any atom is -0.491 e. The van der Waals surface area contributed by atoms with Crippen LogP contribution in [0.2, 0.25) is 0 Å². The van der Waals surface area contributed by atoms with Crippen LogP contribution in [0, 0.1) is 11.8 Å². The Morgan fingerprint density at radius 3 is 2.17 bits per heavy atom. The van der Waals surface area contributed by atoms with E-state index in [9.17, 15) is 14.4 Å². The second kappa shape index (κ2) is 8.77. The van der Waals surface area contributed by atoms with Gasteiger partial charge in [0.05, 0.1) is 36.3 Å². The lowest BCUT2D eigenvalue weighted by atomic mass is 10.1. The smallest absolute Gasteiger partial charge is 0.339 e. The Morgan fingerprint density at radius 2 is 1.55 bits per heavy atom. The molecular weight excluding hydrogens is 372 g/mol. The maximum Gasteiger partial charge on any atom is 0.339 e. The summed E-state index contributed by atoms with van der Waals surface area (Å²) in [5.74, 6) is -1.12. The van der Waals surface area contributed by atoms with Crippen molar-refractivity contribution in [3.05, 3.63) is 54.1 Å². The number of para-hydroxylation sites is 1. The standard InChI is InChI=1S/C22H24N2O5/c1-13(2)29-15-10-8-14(9-11-15)23-20(25)17-12-18(17)21(26)24-19-7-5-4-6-16(19)22(27)28-3/h4-11,13,17-18H,12H2,1-3H3,(H,23,25)(H,24,26). The molecular formula is C22H24N2O5. The van der Waals surface area contributed by atoms with Crippen LogP contribution in [0.4, 0.5) is 11.4 Å². The van der Waals surface area contributed by atoms with Crippen molar-refractivity contribution in [3.8, 4) is 5.75 Å². The Labute approximate surface area is 169 Å². The molecule has 0 saturated heterocycles. The van der Waals surface area contributed by atoms with Gasteiger partial charge in [-0.2, -0.15) is 0 Å². The molecule has 7 nitrogen and oxygen atoms in total. The molecule has 7 heteroatoms. The number of hydrogen-bond donors (Lipinski definition) is 2. The van der Waals surface area contributed by atoms with Crippen LogP contribution in [0.1, 0.15) is 30.6 Å². The normalized spacial score (nSPS) is 17.4. The first-order chi connectivity index (χ1) is 13.9. The topological polar surface area (TPSA) is 93.7 Å². The largest absolute Gasteiger partial charge is 0.491 e. The summed E-state index contributed by atoms with van der Waals surface area (Å²) in [5.41, 5.74) is 1.29. The van der Waals surface area contributed by atoms with Gasteiger partial charge in [-0.25, -0.2) is 4.79 Å². The third-order valence-corrected chi connectivity index (χ3v) is 4.55. The van der Waals surface area contributed by atoms with Crippen LogP contribution >= 0.6 is 0 Å². The van der Waals surface area contributed by atoms with Crippen LogP contribution in [0.5, 0.6) is 5.75 Å². The molecule has 0 spiro atoms. The van der Waals surface area contributed by atoms with Crippen molar-refractivity contribution >= 4 is 29.2 Å². The van der Waals surface area contributed by atoms with Crippen LogP contribution in [-0.4, -0.2) is 31.0 Å². The number of nitrogens with one attached hydrogen (secondary N) is 2. The zero-order valence-corrected chi connectivity index (χ0v) is 16.6. The van der Waals surface area contributed by atoms with Crippen LogP contribution in [0.25, 0.3) is 0 Å². The average Bonchev–Trinajstić information content (AvgIpc) is 3.50. The summed E-state index contributed by atoms with van der Waals surface area (Å²) < 4.78 is 10.3. The Hall–Kier alpha value is -3.35. The van der Waals surface area contributed by atoms with E-state index < -0.39 is 17.8 Å². The van der Waals surface area contributed by atoms with Gasteiger partial charge in [0.1, 0.15) is 5.75 Å². The molecule has 0 aliphatic heterocycles. The van der Waals surface area contributed by atoms with E-state index in [1.807, 2.05) is 13.8 Å². The maximum atomic E-state index is 12.5. The molecule has 2 atom stereocenters. The van der Waals surface area contributed by atoms with Crippen molar-refractivity contribution < 1.29 is 23.9 Å².